The Kier molecular flexibility index (Phi) is 4.05. The molecule has 5 nitrogen and oxygen atoms in total. The molecule has 0 saturated carbocycles. The molecule has 2 aromatic carbocycles. The molecule has 1 N–H and O–H groups in total. The summed E-state index contributed by atoms with van der Waals surface area (Å²) in [6, 6.07) is 17.9. The molecule has 1 amide bonds. The predicted molar refractivity (Wildman–Crippen MR) is 101 cm³/mol. The van der Waals surface area contributed by atoms with Crippen LogP contribution in [0.2, 0.25) is 0 Å². The molecular weight excluding hydrogens is 326 g/mol. The maximum Gasteiger partial charge on any atom is 0.291 e. The van der Waals surface area contributed by atoms with Gasteiger partial charge in [-0.3, -0.25) is 9.48 Å². The number of hydrogen-bond acceptors (Lipinski definition) is 3. The number of carbonyl (C=O) groups is 1. The van der Waals surface area contributed by atoms with Gasteiger partial charge < -0.3 is 9.73 Å². The molecule has 4 aromatic rings. The van der Waals surface area contributed by atoms with Crippen LogP contribution in [0.5, 0.6) is 0 Å². The normalized spacial score (nSPS) is 11.0. The third kappa shape index (κ3) is 2.88. The monoisotopic (exact) mass is 345 g/mol. The second-order valence-electron chi connectivity index (χ2n) is 6.27. The number of hydrogen-bond donors (Lipinski definition) is 1. The number of furan rings is 1. The number of aromatic nitrogens is 2. The van der Waals surface area contributed by atoms with Crippen molar-refractivity contribution in [3.05, 3.63) is 83.6 Å². The molecule has 0 spiro atoms. The van der Waals surface area contributed by atoms with Crippen molar-refractivity contribution in [1.29, 1.82) is 0 Å². The van der Waals surface area contributed by atoms with Gasteiger partial charge in [0.15, 0.2) is 5.76 Å². The van der Waals surface area contributed by atoms with Crippen LogP contribution in [0.1, 0.15) is 27.5 Å². The summed E-state index contributed by atoms with van der Waals surface area (Å²) in [5.74, 6) is 0.0107. The van der Waals surface area contributed by atoms with Gasteiger partial charge in [0.05, 0.1) is 29.9 Å². The molecule has 26 heavy (non-hydrogen) atoms. The van der Waals surface area contributed by atoms with E-state index in [-0.39, 0.29) is 11.7 Å². The largest absolute Gasteiger partial charge is 0.459 e. The molecule has 0 radical (unpaired) electrons. The van der Waals surface area contributed by atoms with Crippen LogP contribution < -0.4 is 5.32 Å². The minimum atomic E-state index is -0.272. The van der Waals surface area contributed by atoms with E-state index < -0.39 is 0 Å². The molecule has 0 atom stereocenters. The fourth-order valence-electron chi connectivity index (χ4n) is 3.21. The Balaban J connectivity index is 1.65. The van der Waals surface area contributed by atoms with Gasteiger partial charge in [-0.1, -0.05) is 42.5 Å². The third-order valence-electron chi connectivity index (χ3n) is 4.57. The molecule has 2 heterocycles. The molecule has 0 aliphatic heterocycles. The molecule has 0 unspecified atom stereocenters. The fourth-order valence-corrected chi connectivity index (χ4v) is 3.21. The Labute approximate surface area is 151 Å². The maximum atomic E-state index is 12.3. The van der Waals surface area contributed by atoms with Crippen LogP contribution in [0.4, 0.5) is 5.69 Å². The van der Waals surface area contributed by atoms with Crippen molar-refractivity contribution in [3.63, 3.8) is 0 Å². The lowest BCUT2D eigenvalue weighted by atomic mass is 10.0. The van der Waals surface area contributed by atoms with E-state index in [1.54, 1.807) is 12.1 Å². The lowest BCUT2D eigenvalue weighted by molar-refractivity contribution is 0.0996. The molecule has 0 bridgehead atoms. The van der Waals surface area contributed by atoms with Crippen LogP contribution in [0, 0.1) is 13.8 Å². The Morgan fingerprint density at radius 3 is 2.69 bits per heavy atom. The summed E-state index contributed by atoms with van der Waals surface area (Å²) in [6.07, 6.45) is 1.48. The van der Waals surface area contributed by atoms with E-state index in [4.69, 9.17) is 4.42 Å². The van der Waals surface area contributed by atoms with Crippen LogP contribution in [-0.4, -0.2) is 15.7 Å². The Morgan fingerprint density at radius 2 is 1.88 bits per heavy atom. The molecule has 0 saturated heterocycles. The second-order valence-corrected chi connectivity index (χ2v) is 6.27. The van der Waals surface area contributed by atoms with E-state index in [2.05, 4.69) is 40.7 Å². The van der Waals surface area contributed by atoms with Crippen molar-refractivity contribution in [3.8, 4) is 0 Å². The van der Waals surface area contributed by atoms with Crippen LogP contribution in [-0.2, 0) is 6.54 Å². The number of fused-ring (bicyclic) bond motifs is 1. The van der Waals surface area contributed by atoms with Gasteiger partial charge >= 0.3 is 0 Å². The van der Waals surface area contributed by atoms with Crippen LogP contribution in [0.3, 0.4) is 0 Å². The van der Waals surface area contributed by atoms with Crippen molar-refractivity contribution >= 4 is 22.4 Å². The molecule has 2 aromatic heterocycles. The van der Waals surface area contributed by atoms with Gasteiger partial charge in [-0.05, 0) is 42.3 Å². The number of aryl methyl sites for hydroxylation is 1. The van der Waals surface area contributed by atoms with Crippen LogP contribution in [0.25, 0.3) is 10.8 Å². The summed E-state index contributed by atoms with van der Waals surface area (Å²) in [4.78, 5) is 12.3. The minimum absolute atomic E-state index is 0.272. The highest BCUT2D eigenvalue weighted by Crippen LogP contribution is 2.24. The summed E-state index contributed by atoms with van der Waals surface area (Å²) in [7, 11) is 0. The number of carbonyl (C=O) groups excluding carboxylic acids is 1. The standard InChI is InChI=1S/C21H19N3O2/c1-14-20(22-21(25)19-11-6-12-26-19)15(2)24(23-14)13-17-9-5-8-16-7-3-4-10-18(16)17/h3-12H,13H2,1-2H3,(H,22,25). The highest BCUT2D eigenvalue weighted by atomic mass is 16.3. The zero-order valence-corrected chi connectivity index (χ0v) is 14.7. The van der Waals surface area contributed by atoms with Crippen molar-refractivity contribution in [1.82, 2.24) is 9.78 Å². The fraction of sp³-hybridized carbons (Fsp3) is 0.143. The average Bonchev–Trinajstić information content (AvgIpc) is 3.27. The molecular formula is C21H19N3O2. The summed E-state index contributed by atoms with van der Waals surface area (Å²) in [5, 5.41) is 9.94. The smallest absolute Gasteiger partial charge is 0.291 e. The van der Waals surface area contributed by atoms with Gasteiger partial charge in [-0.25, -0.2) is 0 Å². The van der Waals surface area contributed by atoms with Gasteiger partial charge in [0, 0.05) is 0 Å². The molecule has 130 valence electrons. The minimum Gasteiger partial charge on any atom is -0.459 e. The SMILES string of the molecule is Cc1nn(Cc2cccc3ccccc23)c(C)c1NC(=O)c1ccco1. The van der Waals surface area contributed by atoms with Gasteiger partial charge in [-0.2, -0.15) is 5.10 Å². The molecule has 5 heteroatoms. The van der Waals surface area contributed by atoms with Gasteiger partial charge in [0.2, 0.25) is 0 Å². The number of rotatable bonds is 4. The van der Waals surface area contributed by atoms with E-state index in [1.807, 2.05) is 30.7 Å². The second kappa shape index (κ2) is 6.52. The van der Waals surface area contributed by atoms with Crippen molar-refractivity contribution in [2.45, 2.75) is 20.4 Å². The Bertz CT molecular complexity index is 1070. The Morgan fingerprint density at radius 1 is 1.08 bits per heavy atom. The van der Waals surface area contributed by atoms with Crippen LogP contribution >= 0.6 is 0 Å². The molecule has 4 rings (SSSR count). The summed E-state index contributed by atoms with van der Waals surface area (Å²) < 4.78 is 7.08. The van der Waals surface area contributed by atoms with E-state index in [1.165, 1.54) is 22.6 Å². The maximum absolute atomic E-state index is 12.3. The first kappa shape index (κ1) is 16.1. The van der Waals surface area contributed by atoms with Gasteiger partial charge in [0.1, 0.15) is 0 Å². The van der Waals surface area contributed by atoms with E-state index >= 15 is 0 Å². The van der Waals surface area contributed by atoms with Crippen LogP contribution in [0.15, 0.2) is 65.3 Å². The topological polar surface area (TPSA) is 60.1 Å². The quantitative estimate of drug-likeness (QED) is 0.590. The van der Waals surface area contributed by atoms with Crippen molar-refractivity contribution < 1.29 is 9.21 Å². The van der Waals surface area contributed by atoms with Gasteiger partial charge in [-0.15, -0.1) is 0 Å². The summed E-state index contributed by atoms with van der Waals surface area (Å²) in [6.45, 7) is 4.50. The lowest BCUT2D eigenvalue weighted by Gasteiger charge is -2.09. The number of nitrogens with zero attached hydrogens (tertiary/aromatic N) is 2. The predicted octanol–water partition coefficient (Wildman–Crippen LogP) is 4.55. The molecule has 0 aliphatic rings. The first-order valence-electron chi connectivity index (χ1n) is 8.49. The van der Waals surface area contributed by atoms with Crippen molar-refractivity contribution in [2.75, 3.05) is 5.32 Å². The average molecular weight is 345 g/mol. The summed E-state index contributed by atoms with van der Waals surface area (Å²) >= 11 is 0. The number of nitrogens with one attached hydrogen (secondary N) is 1. The zero-order valence-electron chi connectivity index (χ0n) is 14.7. The van der Waals surface area contributed by atoms with Gasteiger partial charge in [0.25, 0.3) is 5.91 Å². The first-order chi connectivity index (χ1) is 12.6. The Hall–Kier alpha value is -3.34. The lowest BCUT2D eigenvalue weighted by Crippen LogP contribution is -2.12. The summed E-state index contributed by atoms with van der Waals surface area (Å²) in [5.41, 5.74) is 3.61. The number of amides is 1. The van der Waals surface area contributed by atoms with E-state index in [0.29, 0.717) is 6.54 Å². The van der Waals surface area contributed by atoms with Crippen molar-refractivity contribution in [2.24, 2.45) is 0 Å². The first-order valence-corrected chi connectivity index (χ1v) is 8.49. The highest BCUT2D eigenvalue weighted by molar-refractivity contribution is 6.02. The molecule has 0 fully saturated rings. The number of benzene rings is 2. The molecule has 0 aliphatic carbocycles. The zero-order chi connectivity index (χ0) is 18.1. The highest BCUT2D eigenvalue weighted by Gasteiger charge is 2.17. The third-order valence-corrected chi connectivity index (χ3v) is 4.57. The van der Waals surface area contributed by atoms with E-state index in [0.717, 1.165) is 17.1 Å². The van der Waals surface area contributed by atoms with E-state index in [9.17, 15) is 4.79 Å². The number of anilines is 1.